The zero-order valence-electron chi connectivity index (χ0n) is 12.0. The number of carbonyl (C=O) groups excluding carboxylic acids is 1. The monoisotopic (exact) mass is 305 g/mol. The predicted octanol–water partition coefficient (Wildman–Crippen LogP) is 2.89. The van der Waals surface area contributed by atoms with Gasteiger partial charge in [0.1, 0.15) is 11.5 Å². The van der Waals surface area contributed by atoms with Crippen LogP contribution >= 0.6 is 12.2 Å². The first-order chi connectivity index (χ1) is 10.0. The van der Waals surface area contributed by atoms with Gasteiger partial charge in [-0.1, -0.05) is 49.3 Å². The summed E-state index contributed by atoms with van der Waals surface area (Å²) in [7, 11) is 0. The third-order valence-electron chi connectivity index (χ3n) is 3.87. The molecule has 0 aliphatic heterocycles. The Morgan fingerprint density at radius 3 is 2.33 bits per heavy atom. The molecule has 1 fully saturated rings. The topological polar surface area (TPSA) is 57.6 Å². The summed E-state index contributed by atoms with van der Waals surface area (Å²) in [6.45, 7) is 1.38. The third kappa shape index (κ3) is 3.67. The highest BCUT2D eigenvalue weighted by molar-refractivity contribution is 7.80. The zero-order chi connectivity index (χ0) is 15.4. The van der Waals surface area contributed by atoms with Crippen molar-refractivity contribution in [2.75, 3.05) is 6.54 Å². The Hall–Kier alpha value is -1.75. The lowest BCUT2D eigenvalue weighted by atomic mass is 10.0. The van der Waals surface area contributed by atoms with Gasteiger partial charge in [0.05, 0.1) is 0 Å². The number of rotatable bonds is 5. The number of carboxylic acid groups (broad SMARTS) is 1. The second kappa shape index (κ2) is 6.80. The molecule has 21 heavy (non-hydrogen) atoms. The first-order valence-corrected chi connectivity index (χ1v) is 7.54. The highest BCUT2D eigenvalue weighted by Crippen LogP contribution is 2.26. The van der Waals surface area contributed by atoms with E-state index < -0.39 is 5.97 Å². The van der Waals surface area contributed by atoms with Crippen LogP contribution in [0, 0.1) is 0 Å². The summed E-state index contributed by atoms with van der Waals surface area (Å²) in [5, 5.41) is 9.15. The van der Waals surface area contributed by atoms with Crippen LogP contribution in [0.5, 0.6) is 0 Å². The Bertz CT molecular complexity index is 564. The van der Waals surface area contributed by atoms with Crippen molar-refractivity contribution in [1.82, 2.24) is 4.90 Å². The van der Waals surface area contributed by atoms with E-state index in [1.807, 2.05) is 6.07 Å². The van der Waals surface area contributed by atoms with E-state index >= 15 is 0 Å². The van der Waals surface area contributed by atoms with Crippen LogP contribution in [0.4, 0.5) is 0 Å². The fourth-order valence-corrected chi connectivity index (χ4v) is 3.25. The Morgan fingerprint density at radius 2 is 1.81 bits per heavy atom. The van der Waals surface area contributed by atoms with Crippen molar-refractivity contribution >= 4 is 29.0 Å². The molecule has 1 N–H and O–H groups in total. The Balaban J connectivity index is 2.33. The van der Waals surface area contributed by atoms with Crippen LogP contribution in [-0.4, -0.2) is 39.3 Å². The van der Waals surface area contributed by atoms with Gasteiger partial charge in [-0.25, -0.2) is 0 Å². The van der Waals surface area contributed by atoms with Crippen molar-refractivity contribution in [3.8, 4) is 0 Å². The standard InChI is InChI=1S/C16H19NO3S/c1-11(18)13-8-4-5-9-14(13)16(21)17(10-15(19)20)12-6-2-3-7-12/h4-5,8-9,12H,2-3,6-7,10H2,1H3,(H,19,20). The first-order valence-electron chi connectivity index (χ1n) is 7.13. The summed E-state index contributed by atoms with van der Waals surface area (Å²) >= 11 is 5.51. The molecule has 2 rings (SSSR count). The van der Waals surface area contributed by atoms with E-state index in [-0.39, 0.29) is 18.4 Å². The van der Waals surface area contributed by atoms with Crippen molar-refractivity contribution in [2.24, 2.45) is 0 Å². The molecular formula is C16H19NO3S. The number of carbonyl (C=O) groups is 2. The summed E-state index contributed by atoms with van der Waals surface area (Å²) in [4.78, 5) is 25.1. The fourth-order valence-electron chi connectivity index (χ4n) is 2.86. The molecule has 0 bridgehead atoms. The molecule has 1 saturated carbocycles. The van der Waals surface area contributed by atoms with Crippen LogP contribution in [0.15, 0.2) is 24.3 Å². The van der Waals surface area contributed by atoms with E-state index in [9.17, 15) is 9.59 Å². The molecule has 0 amide bonds. The van der Waals surface area contributed by atoms with Gasteiger partial charge in [0, 0.05) is 17.2 Å². The minimum absolute atomic E-state index is 0.0605. The molecule has 1 aliphatic rings. The number of hydrogen-bond donors (Lipinski definition) is 1. The number of Topliss-reactive ketones (excluding diaryl/α,β-unsaturated/α-hetero) is 1. The average molecular weight is 305 g/mol. The van der Waals surface area contributed by atoms with Gasteiger partial charge < -0.3 is 10.0 Å². The summed E-state index contributed by atoms with van der Waals surface area (Å²) < 4.78 is 0. The fraction of sp³-hybridized carbons (Fsp3) is 0.438. The number of thiocarbonyl (C=S) groups is 1. The molecule has 1 aromatic rings. The summed E-state index contributed by atoms with van der Waals surface area (Å²) in [6, 6.07) is 7.30. The van der Waals surface area contributed by atoms with Crippen LogP contribution < -0.4 is 0 Å². The lowest BCUT2D eigenvalue weighted by molar-refractivity contribution is -0.137. The lowest BCUT2D eigenvalue weighted by Crippen LogP contribution is -2.42. The first kappa shape index (κ1) is 15.6. The van der Waals surface area contributed by atoms with E-state index in [2.05, 4.69) is 0 Å². The minimum Gasteiger partial charge on any atom is -0.480 e. The third-order valence-corrected chi connectivity index (χ3v) is 4.32. The number of hydrogen-bond acceptors (Lipinski definition) is 3. The van der Waals surface area contributed by atoms with Gasteiger partial charge in [0.2, 0.25) is 0 Å². The van der Waals surface area contributed by atoms with Crippen LogP contribution in [0.2, 0.25) is 0 Å². The molecule has 0 aromatic heterocycles. The molecule has 1 aromatic carbocycles. The Labute approximate surface area is 129 Å². The maximum absolute atomic E-state index is 11.7. The number of nitrogens with zero attached hydrogens (tertiary/aromatic N) is 1. The van der Waals surface area contributed by atoms with Crippen LogP contribution in [0.25, 0.3) is 0 Å². The van der Waals surface area contributed by atoms with Crippen molar-refractivity contribution < 1.29 is 14.7 Å². The van der Waals surface area contributed by atoms with Gasteiger partial charge >= 0.3 is 5.97 Å². The molecule has 0 heterocycles. The quantitative estimate of drug-likeness (QED) is 0.669. The molecule has 112 valence electrons. The van der Waals surface area contributed by atoms with E-state index in [4.69, 9.17) is 17.3 Å². The van der Waals surface area contributed by atoms with Gasteiger partial charge in [-0.3, -0.25) is 9.59 Å². The van der Waals surface area contributed by atoms with Crippen LogP contribution in [-0.2, 0) is 4.79 Å². The summed E-state index contributed by atoms with van der Waals surface area (Å²) in [6.07, 6.45) is 4.10. The zero-order valence-corrected chi connectivity index (χ0v) is 12.9. The van der Waals surface area contributed by atoms with E-state index in [1.54, 1.807) is 23.1 Å². The van der Waals surface area contributed by atoms with Gasteiger partial charge in [-0.05, 0) is 19.8 Å². The van der Waals surface area contributed by atoms with E-state index in [0.717, 1.165) is 25.7 Å². The largest absolute Gasteiger partial charge is 0.480 e. The predicted molar refractivity (Wildman–Crippen MR) is 84.7 cm³/mol. The second-order valence-electron chi connectivity index (χ2n) is 5.37. The SMILES string of the molecule is CC(=O)c1ccccc1C(=S)N(CC(=O)O)C1CCCC1. The van der Waals surface area contributed by atoms with Gasteiger partial charge in [-0.15, -0.1) is 0 Å². The van der Waals surface area contributed by atoms with E-state index in [0.29, 0.717) is 16.1 Å². The maximum Gasteiger partial charge on any atom is 0.323 e. The molecule has 4 nitrogen and oxygen atoms in total. The molecule has 0 radical (unpaired) electrons. The number of aliphatic carboxylic acids is 1. The van der Waals surface area contributed by atoms with Crippen molar-refractivity contribution in [3.05, 3.63) is 35.4 Å². The number of ketones is 1. The van der Waals surface area contributed by atoms with E-state index in [1.165, 1.54) is 6.92 Å². The normalized spacial score (nSPS) is 14.9. The van der Waals surface area contributed by atoms with Gasteiger partial charge in [-0.2, -0.15) is 0 Å². The molecule has 0 unspecified atom stereocenters. The highest BCUT2D eigenvalue weighted by Gasteiger charge is 2.28. The van der Waals surface area contributed by atoms with Gasteiger partial charge in [0.15, 0.2) is 5.78 Å². The molecule has 1 aliphatic carbocycles. The molecule has 0 saturated heterocycles. The van der Waals surface area contributed by atoms with Crippen LogP contribution in [0.3, 0.4) is 0 Å². The van der Waals surface area contributed by atoms with Crippen molar-refractivity contribution in [1.29, 1.82) is 0 Å². The Morgan fingerprint density at radius 1 is 1.24 bits per heavy atom. The van der Waals surface area contributed by atoms with Crippen molar-refractivity contribution in [2.45, 2.75) is 38.6 Å². The van der Waals surface area contributed by atoms with Crippen LogP contribution in [0.1, 0.15) is 48.5 Å². The smallest absolute Gasteiger partial charge is 0.323 e. The number of benzene rings is 1. The second-order valence-corrected chi connectivity index (χ2v) is 5.75. The Kier molecular flexibility index (Phi) is 5.07. The highest BCUT2D eigenvalue weighted by atomic mass is 32.1. The average Bonchev–Trinajstić information content (AvgIpc) is 2.97. The molecule has 5 heteroatoms. The molecule has 0 atom stereocenters. The van der Waals surface area contributed by atoms with Gasteiger partial charge in [0.25, 0.3) is 0 Å². The maximum atomic E-state index is 11.7. The minimum atomic E-state index is -0.899. The molecule has 0 spiro atoms. The summed E-state index contributed by atoms with van der Waals surface area (Å²) in [5.74, 6) is -0.959. The number of carboxylic acids is 1. The molecular weight excluding hydrogens is 286 g/mol. The summed E-state index contributed by atoms with van der Waals surface area (Å²) in [5.41, 5.74) is 1.21. The lowest BCUT2D eigenvalue weighted by Gasteiger charge is -2.30. The van der Waals surface area contributed by atoms with Crippen molar-refractivity contribution in [3.63, 3.8) is 0 Å².